The second-order valence-electron chi connectivity index (χ2n) is 6.01. The lowest BCUT2D eigenvalue weighted by Crippen LogP contribution is -2.37. The molecular weight excluding hydrogens is 405 g/mol. The highest BCUT2D eigenvalue weighted by Gasteiger charge is 2.28. The summed E-state index contributed by atoms with van der Waals surface area (Å²) in [5.74, 6) is -0.119. The first-order valence-corrected chi connectivity index (χ1v) is 10.6. The molecule has 23 heavy (non-hydrogen) atoms. The van der Waals surface area contributed by atoms with E-state index in [1.54, 1.807) is 32.9 Å². The monoisotopic (exact) mass is 425 g/mol. The summed E-state index contributed by atoms with van der Waals surface area (Å²) in [4.78, 5) is 11.7. The molecule has 0 heterocycles. The van der Waals surface area contributed by atoms with Crippen LogP contribution in [0.1, 0.15) is 26.3 Å². The zero-order valence-electron chi connectivity index (χ0n) is 13.4. The van der Waals surface area contributed by atoms with Gasteiger partial charge >= 0.3 is 0 Å². The molecular formula is C15H21BrFNO3S2. The molecule has 1 amide bonds. The van der Waals surface area contributed by atoms with Crippen LogP contribution in [0.25, 0.3) is 0 Å². The molecule has 0 aromatic heterocycles. The van der Waals surface area contributed by atoms with Crippen LogP contribution in [0, 0.1) is 5.82 Å². The largest absolute Gasteiger partial charge is 0.354 e. The zero-order chi connectivity index (χ0) is 17.7. The average Bonchev–Trinajstić information content (AvgIpc) is 2.39. The summed E-state index contributed by atoms with van der Waals surface area (Å²) in [5, 5.41) is 2.58. The van der Waals surface area contributed by atoms with Crippen LogP contribution < -0.4 is 5.32 Å². The van der Waals surface area contributed by atoms with Crippen molar-refractivity contribution < 1.29 is 17.6 Å². The van der Waals surface area contributed by atoms with Crippen molar-refractivity contribution in [2.75, 3.05) is 18.1 Å². The van der Waals surface area contributed by atoms with Crippen LogP contribution in [-0.2, 0) is 20.4 Å². The highest BCUT2D eigenvalue weighted by molar-refractivity contribution is 9.10. The van der Waals surface area contributed by atoms with Crippen molar-refractivity contribution >= 4 is 43.4 Å². The van der Waals surface area contributed by atoms with Gasteiger partial charge in [0.15, 0.2) is 9.84 Å². The van der Waals surface area contributed by atoms with E-state index in [0.29, 0.717) is 15.8 Å². The van der Waals surface area contributed by atoms with Crippen LogP contribution in [0.15, 0.2) is 22.7 Å². The molecule has 0 spiro atoms. The van der Waals surface area contributed by atoms with Crippen LogP contribution in [0.2, 0.25) is 0 Å². The van der Waals surface area contributed by atoms with Gasteiger partial charge < -0.3 is 5.32 Å². The van der Waals surface area contributed by atoms with Crippen molar-refractivity contribution in [3.63, 3.8) is 0 Å². The summed E-state index contributed by atoms with van der Waals surface area (Å²) in [7, 11) is -3.24. The number of hydrogen-bond donors (Lipinski definition) is 1. The van der Waals surface area contributed by atoms with Gasteiger partial charge in [-0.25, -0.2) is 12.8 Å². The fraction of sp³-hybridized carbons (Fsp3) is 0.533. The third-order valence-corrected chi connectivity index (χ3v) is 7.21. The van der Waals surface area contributed by atoms with Gasteiger partial charge in [0.05, 0.1) is 16.3 Å². The maximum atomic E-state index is 13.6. The summed E-state index contributed by atoms with van der Waals surface area (Å²) < 4.78 is 37.2. The van der Waals surface area contributed by atoms with E-state index in [9.17, 15) is 17.6 Å². The van der Waals surface area contributed by atoms with E-state index >= 15 is 0 Å². The third-order valence-electron chi connectivity index (χ3n) is 3.13. The van der Waals surface area contributed by atoms with Crippen LogP contribution in [0.5, 0.6) is 0 Å². The quantitative estimate of drug-likeness (QED) is 0.728. The second kappa shape index (κ2) is 8.48. The Morgan fingerprint density at radius 1 is 1.35 bits per heavy atom. The van der Waals surface area contributed by atoms with Crippen LogP contribution >= 0.6 is 27.7 Å². The Morgan fingerprint density at radius 3 is 2.57 bits per heavy atom. The molecule has 0 fully saturated rings. The van der Waals surface area contributed by atoms with Crippen molar-refractivity contribution in [1.29, 1.82) is 0 Å². The Bertz CT molecular complexity index is 657. The Kier molecular flexibility index (Phi) is 7.54. The molecule has 4 nitrogen and oxygen atoms in total. The van der Waals surface area contributed by atoms with Gasteiger partial charge in [-0.05, 0) is 38.5 Å². The van der Waals surface area contributed by atoms with E-state index < -0.39 is 14.6 Å². The molecule has 0 radical (unpaired) electrons. The molecule has 0 saturated carbocycles. The molecule has 1 rings (SSSR count). The van der Waals surface area contributed by atoms with Gasteiger partial charge in [-0.2, -0.15) is 0 Å². The first-order valence-electron chi connectivity index (χ1n) is 7.03. The molecule has 0 atom stereocenters. The number of rotatable bonds is 7. The van der Waals surface area contributed by atoms with E-state index in [2.05, 4.69) is 21.2 Å². The highest BCUT2D eigenvalue weighted by Crippen LogP contribution is 2.19. The van der Waals surface area contributed by atoms with Gasteiger partial charge in [0.2, 0.25) is 5.91 Å². The lowest BCUT2D eigenvalue weighted by molar-refractivity contribution is -0.118. The van der Waals surface area contributed by atoms with Crippen molar-refractivity contribution in [3.05, 3.63) is 34.1 Å². The predicted octanol–water partition coefficient (Wildman–Crippen LogP) is 3.15. The SMILES string of the molecule is CC(C)(C)S(=O)(=O)CCNC(=O)CSCc1ccc(Br)cc1F. The minimum absolute atomic E-state index is 0.0889. The van der Waals surface area contributed by atoms with E-state index in [0.717, 1.165) is 0 Å². The summed E-state index contributed by atoms with van der Waals surface area (Å²) >= 11 is 4.47. The summed E-state index contributed by atoms with van der Waals surface area (Å²) in [6.45, 7) is 4.98. The molecule has 0 unspecified atom stereocenters. The minimum atomic E-state index is -3.24. The number of sulfone groups is 1. The Labute approximate surface area is 149 Å². The van der Waals surface area contributed by atoms with E-state index in [1.165, 1.54) is 17.8 Å². The number of thioether (sulfide) groups is 1. The number of benzene rings is 1. The second-order valence-corrected chi connectivity index (χ2v) is 10.8. The smallest absolute Gasteiger partial charge is 0.230 e. The number of carbonyl (C=O) groups excluding carboxylic acids is 1. The van der Waals surface area contributed by atoms with Crippen LogP contribution in [0.4, 0.5) is 4.39 Å². The number of amides is 1. The lowest BCUT2D eigenvalue weighted by atomic mass is 10.2. The van der Waals surface area contributed by atoms with Crippen LogP contribution in [-0.4, -0.2) is 37.1 Å². The third kappa shape index (κ3) is 6.81. The summed E-state index contributed by atoms with van der Waals surface area (Å²) in [6, 6.07) is 4.80. The minimum Gasteiger partial charge on any atom is -0.354 e. The maximum Gasteiger partial charge on any atom is 0.230 e. The Balaban J connectivity index is 2.33. The molecule has 0 aliphatic heterocycles. The van der Waals surface area contributed by atoms with Crippen LogP contribution in [0.3, 0.4) is 0 Å². The average molecular weight is 426 g/mol. The maximum absolute atomic E-state index is 13.6. The summed E-state index contributed by atoms with van der Waals surface area (Å²) in [5.41, 5.74) is 0.529. The molecule has 1 aromatic rings. The molecule has 130 valence electrons. The zero-order valence-corrected chi connectivity index (χ0v) is 16.6. The lowest BCUT2D eigenvalue weighted by Gasteiger charge is -2.19. The topological polar surface area (TPSA) is 63.2 Å². The first-order chi connectivity index (χ1) is 10.5. The van der Waals surface area contributed by atoms with Gasteiger partial charge in [-0.3, -0.25) is 4.79 Å². The van der Waals surface area contributed by atoms with Crippen molar-refractivity contribution in [3.8, 4) is 0 Å². The number of hydrogen-bond acceptors (Lipinski definition) is 4. The molecule has 0 bridgehead atoms. The van der Waals surface area contributed by atoms with Gasteiger partial charge in [0.25, 0.3) is 0 Å². The molecule has 0 saturated heterocycles. The Morgan fingerprint density at radius 2 is 2.00 bits per heavy atom. The standard InChI is InChI=1S/C15H21BrFNO3S2/c1-15(2,3)23(20,21)7-6-18-14(19)10-22-9-11-4-5-12(16)8-13(11)17/h4-5,8H,6-7,9-10H2,1-3H3,(H,18,19). The van der Waals surface area contributed by atoms with Crippen molar-refractivity contribution in [2.45, 2.75) is 31.3 Å². The van der Waals surface area contributed by atoms with E-state index in [-0.39, 0.29) is 29.8 Å². The molecule has 1 N–H and O–H groups in total. The van der Waals surface area contributed by atoms with Gasteiger partial charge in [0.1, 0.15) is 5.82 Å². The Hall–Kier alpha value is -0.600. The highest BCUT2D eigenvalue weighted by atomic mass is 79.9. The van der Waals surface area contributed by atoms with E-state index in [4.69, 9.17) is 0 Å². The predicted molar refractivity (Wildman–Crippen MR) is 96.8 cm³/mol. The number of carbonyl (C=O) groups is 1. The van der Waals surface area contributed by atoms with Gasteiger partial charge in [-0.1, -0.05) is 22.0 Å². The number of nitrogens with one attached hydrogen (secondary N) is 1. The summed E-state index contributed by atoms with van der Waals surface area (Å²) in [6.07, 6.45) is 0. The molecule has 0 aliphatic rings. The normalized spacial score (nSPS) is 12.2. The fourth-order valence-electron chi connectivity index (χ4n) is 1.57. The van der Waals surface area contributed by atoms with Gasteiger partial charge in [-0.15, -0.1) is 11.8 Å². The molecule has 8 heteroatoms. The van der Waals surface area contributed by atoms with E-state index in [1.807, 2.05) is 0 Å². The fourth-order valence-corrected chi connectivity index (χ4v) is 3.73. The van der Waals surface area contributed by atoms with Crippen molar-refractivity contribution in [2.24, 2.45) is 0 Å². The molecule has 0 aliphatic carbocycles. The van der Waals surface area contributed by atoms with Crippen molar-refractivity contribution in [1.82, 2.24) is 5.32 Å². The molecule has 1 aromatic carbocycles. The van der Waals surface area contributed by atoms with Gasteiger partial charge in [0, 0.05) is 16.8 Å². The number of halogens is 2. The first kappa shape index (κ1) is 20.4.